The summed E-state index contributed by atoms with van der Waals surface area (Å²) in [7, 11) is 1.61. The Bertz CT molecular complexity index is 465. The van der Waals surface area contributed by atoms with Gasteiger partial charge in [-0.25, -0.2) is 0 Å². The van der Waals surface area contributed by atoms with Gasteiger partial charge < -0.3 is 9.64 Å². The molecule has 0 radical (unpaired) electrons. The number of hydrogen-bond donors (Lipinski definition) is 0. The standard InChI is InChI=1S/C15H20N2O2/c1-4-17(10-12(2)9-16)15(18)14-8-6-5-7-13(14)11-19-3/h5-8,12H,4,10-11H2,1-3H3. The summed E-state index contributed by atoms with van der Waals surface area (Å²) in [5.41, 5.74) is 1.52. The van der Waals surface area contributed by atoms with E-state index >= 15 is 0 Å². The maximum atomic E-state index is 12.5. The van der Waals surface area contributed by atoms with Crippen molar-refractivity contribution in [1.82, 2.24) is 4.90 Å². The van der Waals surface area contributed by atoms with Crippen molar-refractivity contribution < 1.29 is 9.53 Å². The first-order valence-corrected chi connectivity index (χ1v) is 6.39. The van der Waals surface area contributed by atoms with Gasteiger partial charge in [-0.1, -0.05) is 18.2 Å². The van der Waals surface area contributed by atoms with Gasteiger partial charge in [-0.3, -0.25) is 4.79 Å². The van der Waals surface area contributed by atoms with Gasteiger partial charge in [0.25, 0.3) is 5.91 Å². The highest BCUT2D eigenvalue weighted by molar-refractivity contribution is 5.95. The van der Waals surface area contributed by atoms with Gasteiger partial charge in [0, 0.05) is 25.8 Å². The van der Waals surface area contributed by atoms with E-state index in [1.807, 2.05) is 32.0 Å². The van der Waals surface area contributed by atoms with Crippen molar-refractivity contribution in [3.8, 4) is 6.07 Å². The molecule has 0 bridgehead atoms. The van der Waals surface area contributed by atoms with Crippen LogP contribution in [0.5, 0.6) is 0 Å². The van der Waals surface area contributed by atoms with Gasteiger partial charge in [-0.15, -0.1) is 0 Å². The molecule has 4 heteroatoms. The molecule has 0 fully saturated rings. The van der Waals surface area contributed by atoms with E-state index in [1.165, 1.54) is 0 Å². The number of nitriles is 1. The number of nitrogens with zero attached hydrogens (tertiary/aromatic N) is 2. The second-order valence-electron chi connectivity index (χ2n) is 4.46. The Labute approximate surface area is 114 Å². The molecule has 0 saturated heterocycles. The number of carbonyl (C=O) groups excluding carboxylic acids is 1. The van der Waals surface area contributed by atoms with E-state index in [0.717, 1.165) is 5.56 Å². The molecule has 0 N–H and O–H groups in total. The molecule has 0 aromatic heterocycles. The first-order chi connectivity index (χ1) is 9.13. The Morgan fingerprint density at radius 1 is 1.47 bits per heavy atom. The third-order valence-electron chi connectivity index (χ3n) is 2.93. The monoisotopic (exact) mass is 260 g/mol. The predicted octanol–water partition coefficient (Wildman–Crippen LogP) is 2.45. The van der Waals surface area contributed by atoms with E-state index < -0.39 is 0 Å². The predicted molar refractivity (Wildman–Crippen MR) is 73.5 cm³/mol. The smallest absolute Gasteiger partial charge is 0.254 e. The molecule has 19 heavy (non-hydrogen) atoms. The lowest BCUT2D eigenvalue weighted by Crippen LogP contribution is -2.34. The van der Waals surface area contributed by atoms with E-state index in [9.17, 15) is 4.79 Å². The second kappa shape index (κ2) is 7.55. The highest BCUT2D eigenvalue weighted by Gasteiger charge is 2.18. The summed E-state index contributed by atoms with van der Waals surface area (Å²) in [6, 6.07) is 9.58. The molecule has 4 nitrogen and oxygen atoms in total. The lowest BCUT2D eigenvalue weighted by atomic mass is 10.1. The molecule has 0 aliphatic heterocycles. The molecule has 1 aromatic rings. The van der Waals surface area contributed by atoms with Crippen LogP contribution in [0.4, 0.5) is 0 Å². The maximum absolute atomic E-state index is 12.5. The van der Waals surface area contributed by atoms with E-state index in [0.29, 0.717) is 25.3 Å². The van der Waals surface area contributed by atoms with Crippen LogP contribution in [-0.2, 0) is 11.3 Å². The topological polar surface area (TPSA) is 53.3 Å². The van der Waals surface area contributed by atoms with Crippen LogP contribution >= 0.6 is 0 Å². The summed E-state index contributed by atoms with van der Waals surface area (Å²) in [6.45, 7) is 5.19. The minimum absolute atomic E-state index is 0.0442. The number of rotatable bonds is 6. The molecule has 1 aromatic carbocycles. The third kappa shape index (κ3) is 4.08. The Hall–Kier alpha value is -1.86. The van der Waals surface area contributed by atoms with Crippen molar-refractivity contribution in [2.75, 3.05) is 20.2 Å². The molecule has 0 aliphatic carbocycles. The minimum atomic E-state index is -0.168. The average molecular weight is 260 g/mol. The summed E-state index contributed by atoms with van der Waals surface area (Å²) in [4.78, 5) is 14.2. The van der Waals surface area contributed by atoms with Crippen LogP contribution in [0.3, 0.4) is 0 Å². The van der Waals surface area contributed by atoms with E-state index in [2.05, 4.69) is 6.07 Å². The largest absolute Gasteiger partial charge is 0.380 e. The molecular formula is C15H20N2O2. The number of methoxy groups -OCH3 is 1. The van der Waals surface area contributed by atoms with Crippen molar-refractivity contribution in [1.29, 1.82) is 5.26 Å². The molecule has 1 atom stereocenters. The number of carbonyl (C=O) groups is 1. The Morgan fingerprint density at radius 3 is 2.74 bits per heavy atom. The van der Waals surface area contributed by atoms with Crippen LogP contribution in [0.2, 0.25) is 0 Å². The number of ether oxygens (including phenoxy) is 1. The highest BCUT2D eigenvalue weighted by Crippen LogP contribution is 2.14. The molecule has 0 saturated carbocycles. The summed E-state index contributed by atoms with van der Waals surface area (Å²) >= 11 is 0. The zero-order valence-electron chi connectivity index (χ0n) is 11.7. The van der Waals surface area contributed by atoms with Crippen LogP contribution in [0.1, 0.15) is 29.8 Å². The molecule has 102 valence electrons. The molecule has 1 unspecified atom stereocenters. The van der Waals surface area contributed by atoms with E-state index in [1.54, 1.807) is 18.1 Å². The van der Waals surface area contributed by atoms with Crippen LogP contribution in [0.25, 0.3) is 0 Å². The molecule has 0 heterocycles. The number of amides is 1. The second-order valence-corrected chi connectivity index (χ2v) is 4.46. The quantitative estimate of drug-likeness (QED) is 0.789. The Morgan fingerprint density at radius 2 is 2.16 bits per heavy atom. The summed E-state index contributed by atoms with van der Waals surface area (Å²) in [5, 5.41) is 8.86. The van der Waals surface area contributed by atoms with Crippen LogP contribution in [-0.4, -0.2) is 31.0 Å². The number of benzene rings is 1. The van der Waals surface area contributed by atoms with Gasteiger partial charge >= 0.3 is 0 Å². The van der Waals surface area contributed by atoms with Gasteiger partial charge in [0.15, 0.2) is 0 Å². The Balaban J connectivity index is 2.94. The van der Waals surface area contributed by atoms with Crippen LogP contribution < -0.4 is 0 Å². The zero-order chi connectivity index (χ0) is 14.3. The summed E-state index contributed by atoms with van der Waals surface area (Å²) in [6.07, 6.45) is 0. The van der Waals surface area contributed by atoms with Gasteiger partial charge in [0.05, 0.1) is 18.6 Å². The average Bonchev–Trinajstić information content (AvgIpc) is 2.44. The number of hydrogen-bond acceptors (Lipinski definition) is 3. The van der Waals surface area contributed by atoms with Crippen molar-refractivity contribution >= 4 is 5.91 Å². The third-order valence-corrected chi connectivity index (χ3v) is 2.93. The van der Waals surface area contributed by atoms with Crippen LogP contribution in [0.15, 0.2) is 24.3 Å². The van der Waals surface area contributed by atoms with Gasteiger partial charge in [0.1, 0.15) is 0 Å². The molecule has 0 spiro atoms. The summed E-state index contributed by atoms with van der Waals surface area (Å²) in [5.74, 6) is -0.212. The lowest BCUT2D eigenvalue weighted by molar-refractivity contribution is 0.0748. The fraction of sp³-hybridized carbons (Fsp3) is 0.467. The normalized spacial score (nSPS) is 11.7. The highest BCUT2D eigenvalue weighted by atomic mass is 16.5. The fourth-order valence-corrected chi connectivity index (χ4v) is 1.91. The zero-order valence-corrected chi connectivity index (χ0v) is 11.7. The lowest BCUT2D eigenvalue weighted by Gasteiger charge is -2.23. The van der Waals surface area contributed by atoms with Gasteiger partial charge in [0.2, 0.25) is 0 Å². The fourth-order valence-electron chi connectivity index (χ4n) is 1.91. The van der Waals surface area contributed by atoms with Crippen molar-refractivity contribution in [2.45, 2.75) is 20.5 Å². The molecule has 1 rings (SSSR count). The van der Waals surface area contributed by atoms with Gasteiger partial charge in [-0.05, 0) is 25.5 Å². The van der Waals surface area contributed by atoms with Crippen molar-refractivity contribution in [3.05, 3.63) is 35.4 Å². The molecule has 1 amide bonds. The van der Waals surface area contributed by atoms with Crippen molar-refractivity contribution in [3.63, 3.8) is 0 Å². The van der Waals surface area contributed by atoms with Crippen LogP contribution in [0, 0.1) is 17.2 Å². The molecular weight excluding hydrogens is 240 g/mol. The molecule has 0 aliphatic rings. The van der Waals surface area contributed by atoms with E-state index in [4.69, 9.17) is 10.00 Å². The Kier molecular flexibility index (Phi) is 6.04. The first-order valence-electron chi connectivity index (χ1n) is 6.39. The maximum Gasteiger partial charge on any atom is 0.254 e. The van der Waals surface area contributed by atoms with Gasteiger partial charge in [-0.2, -0.15) is 5.26 Å². The first kappa shape index (κ1) is 15.2. The SMILES string of the molecule is CCN(CC(C)C#N)C(=O)c1ccccc1COC. The minimum Gasteiger partial charge on any atom is -0.380 e. The van der Waals surface area contributed by atoms with Crippen molar-refractivity contribution in [2.24, 2.45) is 5.92 Å². The van der Waals surface area contributed by atoms with E-state index in [-0.39, 0.29) is 11.8 Å². The summed E-state index contributed by atoms with van der Waals surface area (Å²) < 4.78 is 5.11.